The number of para-hydroxylation sites is 1. The lowest BCUT2D eigenvalue weighted by atomic mass is 10.2. The fraction of sp³-hybridized carbons (Fsp3) is 0.261. The molecule has 6 nitrogen and oxygen atoms in total. The standard InChI is InChI=1S/C23H24ClN5OS.ClH/c1-16-19(15-25-29(16)18-8-5-4-6-9-18)22(30)28(13-7-12-27(2)3)23-26-20-11-10-17(24)14-21(20)31-23;/h4-6,8-11,14-15H,7,12-13H2,1-3H3;1H. The Morgan fingerprint density at radius 1 is 1.12 bits per heavy atom. The van der Waals surface area contributed by atoms with Crippen molar-refractivity contribution in [3.8, 4) is 5.69 Å². The average molecular weight is 490 g/mol. The summed E-state index contributed by atoms with van der Waals surface area (Å²) >= 11 is 7.63. The van der Waals surface area contributed by atoms with Crippen LogP contribution in [0.25, 0.3) is 15.9 Å². The molecule has 1 amide bonds. The predicted octanol–water partition coefficient (Wildman–Crippen LogP) is 5.46. The van der Waals surface area contributed by atoms with Crippen LogP contribution in [-0.4, -0.2) is 52.8 Å². The van der Waals surface area contributed by atoms with Crippen LogP contribution < -0.4 is 4.90 Å². The Bertz CT molecular complexity index is 1210. The van der Waals surface area contributed by atoms with Gasteiger partial charge < -0.3 is 4.90 Å². The molecule has 4 rings (SSSR count). The number of rotatable bonds is 7. The van der Waals surface area contributed by atoms with Crippen LogP contribution in [0.3, 0.4) is 0 Å². The monoisotopic (exact) mass is 489 g/mol. The van der Waals surface area contributed by atoms with E-state index >= 15 is 0 Å². The van der Waals surface area contributed by atoms with E-state index in [4.69, 9.17) is 16.6 Å². The van der Waals surface area contributed by atoms with Crippen molar-refractivity contribution in [3.63, 3.8) is 0 Å². The highest BCUT2D eigenvalue weighted by Gasteiger charge is 2.25. The molecule has 0 atom stereocenters. The molecule has 0 saturated carbocycles. The van der Waals surface area contributed by atoms with E-state index in [0.717, 1.165) is 34.6 Å². The number of carbonyl (C=O) groups excluding carboxylic acids is 1. The highest BCUT2D eigenvalue weighted by Crippen LogP contribution is 2.32. The average Bonchev–Trinajstić information content (AvgIpc) is 3.34. The number of carbonyl (C=O) groups is 1. The van der Waals surface area contributed by atoms with Gasteiger partial charge in [0.1, 0.15) is 0 Å². The molecule has 0 unspecified atom stereocenters. The summed E-state index contributed by atoms with van der Waals surface area (Å²) in [4.78, 5) is 22.2. The summed E-state index contributed by atoms with van der Waals surface area (Å²) in [5.74, 6) is -0.0939. The summed E-state index contributed by atoms with van der Waals surface area (Å²) in [6, 6.07) is 15.4. The first-order valence-corrected chi connectivity index (χ1v) is 11.3. The first kappa shape index (κ1) is 24.2. The topological polar surface area (TPSA) is 54.3 Å². The largest absolute Gasteiger partial charge is 0.309 e. The number of aromatic nitrogens is 3. The van der Waals surface area contributed by atoms with Gasteiger partial charge in [-0.25, -0.2) is 9.67 Å². The normalized spacial score (nSPS) is 11.0. The van der Waals surface area contributed by atoms with Gasteiger partial charge in [-0.1, -0.05) is 41.1 Å². The lowest BCUT2D eigenvalue weighted by Crippen LogP contribution is -2.33. The minimum Gasteiger partial charge on any atom is -0.309 e. The highest BCUT2D eigenvalue weighted by molar-refractivity contribution is 7.22. The molecule has 0 fully saturated rings. The molecule has 2 aromatic heterocycles. The summed E-state index contributed by atoms with van der Waals surface area (Å²) in [6.45, 7) is 3.37. The third-order valence-electron chi connectivity index (χ3n) is 5.04. The van der Waals surface area contributed by atoms with E-state index in [1.807, 2.05) is 69.6 Å². The maximum Gasteiger partial charge on any atom is 0.263 e. The van der Waals surface area contributed by atoms with Crippen LogP contribution in [0, 0.1) is 6.92 Å². The van der Waals surface area contributed by atoms with Crippen molar-refractivity contribution < 1.29 is 4.79 Å². The van der Waals surface area contributed by atoms with Crippen molar-refractivity contribution in [3.05, 3.63) is 71.0 Å². The molecule has 0 aliphatic heterocycles. The van der Waals surface area contributed by atoms with E-state index in [-0.39, 0.29) is 18.3 Å². The third kappa shape index (κ3) is 5.13. The minimum atomic E-state index is -0.0939. The zero-order chi connectivity index (χ0) is 22.0. The van der Waals surface area contributed by atoms with E-state index < -0.39 is 0 Å². The molecular formula is C23H25Cl2N5OS. The Balaban J connectivity index is 0.00000289. The molecule has 0 N–H and O–H groups in total. The first-order chi connectivity index (χ1) is 14.9. The maximum absolute atomic E-state index is 13.6. The molecule has 9 heteroatoms. The quantitative estimate of drug-likeness (QED) is 0.345. The zero-order valence-electron chi connectivity index (χ0n) is 18.2. The van der Waals surface area contributed by atoms with Crippen LogP contribution in [0.4, 0.5) is 5.13 Å². The number of fused-ring (bicyclic) bond motifs is 1. The van der Waals surface area contributed by atoms with Crippen LogP contribution in [0.5, 0.6) is 0 Å². The Kier molecular flexibility index (Phi) is 7.90. The van der Waals surface area contributed by atoms with Gasteiger partial charge in [0.15, 0.2) is 5.13 Å². The second-order valence-corrected chi connectivity index (χ2v) is 9.06. The minimum absolute atomic E-state index is 0. The molecule has 4 aromatic rings. The Labute approximate surface area is 202 Å². The van der Waals surface area contributed by atoms with Crippen LogP contribution >= 0.6 is 35.3 Å². The van der Waals surface area contributed by atoms with Crippen molar-refractivity contribution in [2.24, 2.45) is 0 Å². The van der Waals surface area contributed by atoms with Gasteiger partial charge in [-0.3, -0.25) is 9.69 Å². The van der Waals surface area contributed by atoms with Crippen LogP contribution in [0.1, 0.15) is 22.5 Å². The lowest BCUT2D eigenvalue weighted by Gasteiger charge is -2.21. The van der Waals surface area contributed by atoms with E-state index in [9.17, 15) is 4.79 Å². The SMILES string of the molecule is Cc1c(C(=O)N(CCCN(C)C)c2nc3ccc(Cl)cc3s2)cnn1-c1ccccc1.Cl. The molecular weight excluding hydrogens is 465 g/mol. The molecule has 0 bridgehead atoms. The molecule has 168 valence electrons. The molecule has 0 saturated heterocycles. The summed E-state index contributed by atoms with van der Waals surface area (Å²) < 4.78 is 2.76. The first-order valence-electron chi connectivity index (χ1n) is 10.1. The lowest BCUT2D eigenvalue weighted by molar-refractivity contribution is 0.0985. The number of anilines is 1. The van der Waals surface area contributed by atoms with Crippen molar-refractivity contribution in [2.45, 2.75) is 13.3 Å². The van der Waals surface area contributed by atoms with Crippen LogP contribution in [0.2, 0.25) is 5.02 Å². The highest BCUT2D eigenvalue weighted by atomic mass is 35.5. The third-order valence-corrected chi connectivity index (χ3v) is 6.32. The molecule has 0 radical (unpaired) electrons. The van der Waals surface area contributed by atoms with E-state index in [0.29, 0.717) is 22.3 Å². The smallest absolute Gasteiger partial charge is 0.263 e. The van der Waals surface area contributed by atoms with E-state index in [1.54, 1.807) is 15.8 Å². The molecule has 0 spiro atoms. The van der Waals surface area contributed by atoms with E-state index in [1.165, 1.54) is 11.3 Å². The molecule has 0 aliphatic carbocycles. The fourth-order valence-electron chi connectivity index (χ4n) is 3.43. The Morgan fingerprint density at radius 2 is 1.88 bits per heavy atom. The number of amides is 1. The molecule has 32 heavy (non-hydrogen) atoms. The van der Waals surface area contributed by atoms with Gasteiger partial charge in [-0.15, -0.1) is 12.4 Å². The predicted molar refractivity (Wildman–Crippen MR) is 135 cm³/mol. The number of halogens is 2. The Morgan fingerprint density at radius 3 is 2.59 bits per heavy atom. The van der Waals surface area contributed by atoms with Crippen molar-refractivity contribution in [1.29, 1.82) is 0 Å². The van der Waals surface area contributed by atoms with Gasteiger partial charge in [0.2, 0.25) is 0 Å². The van der Waals surface area contributed by atoms with Crippen molar-refractivity contribution in [2.75, 3.05) is 32.1 Å². The maximum atomic E-state index is 13.6. The molecule has 2 heterocycles. The molecule has 0 aliphatic rings. The number of thiazole rings is 1. The second kappa shape index (κ2) is 10.4. The summed E-state index contributed by atoms with van der Waals surface area (Å²) in [6.07, 6.45) is 2.48. The van der Waals surface area contributed by atoms with Crippen molar-refractivity contribution >= 4 is 56.6 Å². The van der Waals surface area contributed by atoms with Crippen LogP contribution in [0.15, 0.2) is 54.7 Å². The summed E-state index contributed by atoms with van der Waals surface area (Å²) in [5.41, 5.74) is 3.14. The number of hydrogen-bond donors (Lipinski definition) is 0. The van der Waals surface area contributed by atoms with Crippen molar-refractivity contribution in [1.82, 2.24) is 19.7 Å². The Hall–Kier alpha value is -2.45. The second-order valence-electron chi connectivity index (χ2n) is 7.61. The van der Waals surface area contributed by atoms with Gasteiger partial charge in [0.25, 0.3) is 5.91 Å². The molecule has 2 aromatic carbocycles. The van der Waals surface area contributed by atoms with E-state index in [2.05, 4.69) is 10.00 Å². The van der Waals surface area contributed by atoms with Gasteiger partial charge in [0, 0.05) is 11.6 Å². The van der Waals surface area contributed by atoms with Gasteiger partial charge in [-0.05, 0) is 64.3 Å². The van der Waals surface area contributed by atoms with Gasteiger partial charge >= 0.3 is 0 Å². The van der Waals surface area contributed by atoms with Crippen LogP contribution in [-0.2, 0) is 0 Å². The fourth-order valence-corrected chi connectivity index (χ4v) is 4.69. The number of nitrogens with zero attached hydrogens (tertiary/aromatic N) is 5. The number of benzene rings is 2. The zero-order valence-corrected chi connectivity index (χ0v) is 20.5. The number of hydrogen-bond acceptors (Lipinski definition) is 5. The van der Waals surface area contributed by atoms with Gasteiger partial charge in [-0.2, -0.15) is 5.10 Å². The summed E-state index contributed by atoms with van der Waals surface area (Å²) in [7, 11) is 4.06. The summed E-state index contributed by atoms with van der Waals surface area (Å²) in [5, 5.41) is 5.81. The van der Waals surface area contributed by atoms with Gasteiger partial charge in [0.05, 0.1) is 33.4 Å².